The molecule has 0 fully saturated rings. The van der Waals surface area contributed by atoms with E-state index in [0.717, 1.165) is 28.9 Å². The molecule has 2 nitrogen and oxygen atoms in total. The van der Waals surface area contributed by atoms with Crippen LogP contribution < -0.4 is 0 Å². The van der Waals surface area contributed by atoms with Crippen LogP contribution in [0.15, 0.2) is 70.9 Å². The van der Waals surface area contributed by atoms with Crippen LogP contribution in [0.25, 0.3) is 0 Å². The molecule has 1 aliphatic carbocycles. The van der Waals surface area contributed by atoms with Gasteiger partial charge in [0.2, 0.25) is 0 Å². The van der Waals surface area contributed by atoms with Gasteiger partial charge in [-0.05, 0) is 49.1 Å². The number of azo groups is 1. The maximum atomic E-state index is 4.57. The van der Waals surface area contributed by atoms with Crippen LogP contribution in [0, 0.1) is 19.9 Å². The first-order valence-corrected chi connectivity index (χ1v) is 7.57. The molecule has 0 bridgehead atoms. The van der Waals surface area contributed by atoms with Crippen molar-refractivity contribution in [3.8, 4) is 0 Å². The van der Waals surface area contributed by atoms with E-state index >= 15 is 0 Å². The summed E-state index contributed by atoms with van der Waals surface area (Å²) < 4.78 is 0. The second-order valence-electron chi connectivity index (χ2n) is 5.57. The second kappa shape index (κ2) is 6.52. The number of rotatable bonds is 3. The lowest BCUT2D eigenvalue weighted by Crippen LogP contribution is -1.97. The van der Waals surface area contributed by atoms with E-state index in [9.17, 15) is 0 Å². The molecular weight excluding hydrogens is 268 g/mol. The lowest BCUT2D eigenvalue weighted by molar-refractivity contribution is 0.847. The molecule has 0 saturated carbocycles. The van der Waals surface area contributed by atoms with Gasteiger partial charge in [-0.2, -0.15) is 5.11 Å². The molecule has 0 saturated heterocycles. The average Bonchev–Trinajstić information content (AvgIpc) is 2.56. The highest BCUT2D eigenvalue weighted by atomic mass is 15.1. The van der Waals surface area contributed by atoms with Crippen molar-refractivity contribution in [1.82, 2.24) is 0 Å². The molecule has 1 radical (unpaired) electrons. The van der Waals surface area contributed by atoms with E-state index in [0.29, 0.717) is 5.92 Å². The van der Waals surface area contributed by atoms with Crippen molar-refractivity contribution >= 4 is 11.4 Å². The standard InChI is InChI=1S/C20H19N2/c1-15-9-6-7-14-19(15)21-22-20-16(2)10-8-13-18(20)17-11-4-3-5-12-17/h4-11,13-14,17H,12H2,1-2H3/b22-21+. The summed E-state index contributed by atoms with van der Waals surface area (Å²) >= 11 is 0. The third-order valence-electron chi connectivity index (χ3n) is 3.96. The Hall–Kier alpha value is -2.48. The summed E-state index contributed by atoms with van der Waals surface area (Å²) in [6, 6.07) is 14.4. The van der Waals surface area contributed by atoms with Gasteiger partial charge in [0.25, 0.3) is 0 Å². The fourth-order valence-corrected chi connectivity index (χ4v) is 2.64. The van der Waals surface area contributed by atoms with E-state index in [1.807, 2.05) is 24.3 Å². The van der Waals surface area contributed by atoms with Gasteiger partial charge in [-0.25, -0.2) is 0 Å². The van der Waals surface area contributed by atoms with Crippen molar-refractivity contribution in [3.05, 3.63) is 83.5 Å². The maximum absolute atomic E-state index is 4.57. The summed E-state index contributed by atoms with van der Waals surface area (Å²) in [4.78, 5) is 0. The SMILES string of the molecule is Cc1ccccc1/N=N/c1c(C)cccc1C1C=C[C]=CC1. The van der Waals surface area contributed by atoms with Crippen molar-refractivity contribution in [2.24, 2.45) is 10.2 Å². The zero-order valence-electron chi connectivity index (χ0n) is 13.0. The summed E-state index contributed by atoms with van der Waals surface area (Å²) in [7, 11) is 0. The topological polar surface area (TPSA) is 24.7 Å². The van der Waals surface area contributed by atoms with E-state index in [1.165, 1.54) is 5.56 Å². The number of hydrogen-bond acceptors (Lipinski definition) is 2. The van der Waals surface area contributed by atoms with Crippen molar-refractivity contribution in [2.45, 2.75) is 26.2 Å². The average molecular weight is 287 g/mol. The van der Waals surface area contributed by atoms with Gasteiger partial charge in [-0.15, -0.1) is 5.11 Å². The molecule has 1 aliphatic rings. The van der Waals surface area contributed by atoms with Gasteiger partial charge in [0.1, 0.15) is 0 Å². The first kappa shape index (κ1) is 14.5. The van der Waals surface area contributed by atoms with Crippen LogP contribution in [0.1, 0.15) is 29.0 Å². The monoisotopic (exact) mass is 287 g/mol. The Bertz CT molecular complexity index is 754. The Kier molecular flexibility index (Phi) is 4.29. The molecule has 0 spiro atoms. The van der Waals surface area contributed by atoms with Crippen LogP contribution >= 0.6 is 0 Å². The van der Waals surface area contributed by atoms with Crippen LogP contribution in [0.4, 0.5) is 11.4 Å². The molecule has 0 heterocycles. The van der Waals surface area contributed by atoms with Gasteiger partial charge in [0, 0.05) is 5.92 Å². The summed E-state index contributed by atoms with van der Waals surface area (Å²) in [5.41, 5.74) is 5.42. The highest BCUT2D eigenvalue weighted by Crippen LogP contribution is 2.35. The summed E-state index contributed by atoms with van der Waals surface area (Å²) in [6.45, 7) is 4.14. The first-order chi connectivity index (χ1) is 10.8. The Balaban J connectivity index is 1.98. The largest absolute Gasteiger partial charge is 0.150 e. The highest BCUT2D eigenvalue weighted by molar-refractivity contribution is 5.56. The van der Waals surface area contributed by atoms with Crippen LogP contribution in [0.5, 0.6) is 0 Å². The molecule has 1 unspecified atom stereocenters. The number of aryl methyl sites for hydroxylation is 2. The Morgan fingerprint density at radius 1 is 0.955 bits per heavy atom. The van der Waals surface area contributed by atoms with Crippen molar-refractivity contribution in [1.29, 1.82) is 0 Å². The molecule has 0 amide bonds. The minimum absolute atomic E-state index is 0.354. The van der Waals surface area contributed by atoms with E-state index in [2.05, 4.69) is 66.6 Å². The van der Waals surface area contributed by atoms with Crippen LogP contribution in [0.2, 0.25) is 0 Å². The zero-order chi connectivity index (χ0) is 15.4. The second-order valence-corrected chi connectivity index (χ2v) is 5.57. The fourth-order valence-electron chi connectivity index (χ4n) is 2.64. The van der Waals surface area contributed by atoms with E-state index < -0.39 is 0 Å². The third kappa shape index (κ3) is 3.06. The molecule has 1 atom stereocenters. The number of allylic oxidation sites excluding steroid dienone is 4. The van der Waals surface area contributed by atoms with Crippen LogP contribution in [0.3, 0.4) is 0 Å². The molecule has 3 rings (SSSR count). The molecule has 0 N–H and O–H groups in total. The van der Waals surface area contributed by atoms with Gasteiger partial charge in [-0.1, -0.05) is 54.6 Å². The van der Waals surface area contributed by atoms with Gasteiger partial charge < -0.3 is 0 Å². The smallest absolute Gasteiger partial charge is 0.0924 e. The number of benzene rings is 2. The lowest BCUT2D eigenvalue weighted by Gasteiger charge is -2.16. The minimum Gasteiger partial charge on any atom is -0.150 e. The molecule has 2 heteroatoms. The maximum Gasteiger partial charge on any atom is 0.0924 e. The Morgan fingerprint density at radius 2 is 1.77 bits per heavy atom. The normalized spacial score (nSPS) is 17.3. The van der Waals surface area contributed by atoms with E-state index in [4.69, 9.17) is 0 Å². The third-order valence-corrected chi connectivity index (χ3v) is 3.96. The zero-order valence-corrected chi connectivity index (χ0v) is 13.0. The fraction of sp³-hybridized carbons (Fsp3) is 0.200. The molecular formula is C20H19N2. The predicted molar refractivity (Wildman–Crippen MR) is 90.8 cm³/mol. The van der Waals surface area contributed by atoms with Crippen molar-refractivity contribution in [2.75, 3.05) is 0 Å². The quantitative estimate of drug-likeness (QED) is 0.607. The Morgan fingerprint density at radius 3 is 2.55 bits per heavy atom. The molecule has 2 aromatic carbocycles. The minimum atomic E-state index is 0.354. The Labute approximate surface area is 131 Å². The van der Waals surface area contributed by atoms with Crippen LogP contribution in [-0.2, 0) is 0 Å². The number of hydrogen-bond donors (Lipinski definition) is 0. The lowest BCUT2D eigenvalue weighted by atomic mass is 9.90. The van der Waals surface area contributed by atoms with Gasteiger partial charge >= 0.3 is 0 Å². The summed E-state index contributed by atoms with van der Waals surface area (Å²) in [5.74, 6) is 0.354. The van der Waals surface area contributed by atoms with E-state index in [-0.39, 0.29) is 0 Å². The summed E-state index contributed by atoms with van der Waals surface area (Å²) in [6.07, 6.45) is 10.3. The van der Waals surface area contributed by atoms with E-state index in [1.54, 1.807) is 0 Å². The van der Waals surface area contributed by atoms with Crippen LogP contribution in [-0.4, -0.2) is 0 Å². The predicted octanol–water partition coefficient (Wildman–Crippen LogP) is 6.12. The van der Waals surface area contributed by atoms with Crippen molar-refractivity contribution in [3.63, 3.8) is 0 Å². The van der Waals surface area contributed by atoms with Crippen molar-refractivity contribution < 1.29 is 0 Å². The van der Waals surface area contributed by atoms with Gasteiger partial charge in [-0.3, -0.25) is 0 Å². The molecule has 0 aliphatic heterocycles. The van der Waals surface area contributed by atoms with Gasteiger partial charge in [0.05, 0.1) is 11.4 Å². The highest BCUT2D eigenvalue weighted by Gasteiger charge is 2.14. The molecule has 109 valence electrons. The van der Waals surface area contributed by atoms with Gasteiger partial charge in [0.15, 0.2) is 0 Å². The first-order valence-electron chi connectivity index (χ1n) is 7.57. The number of nitrogens with zero attached hydrogens (tertiary/aromatic N) is 2. The molecule has 2 aromatic rings. The molecule has 0 aromatic heterocycles. The summed E-state index contributed by atoms with van der Waals surface area (Å²) in [5, 5.41) is 9.04. The molecule has 22 heavy (non-hydrogen) atoms.